The fourth-order valence-electron chi connectivity index (χ4n) is 2.52. The molecule has 0 radical (unpaired) electrons. The number of hydrogen-bond donors (Lipinski definition) is 2. The summed E-state index contributed by atoms with van der Waals surface area (Å²) >= 11 is 1.11. The Morgan fingerprint density at radius 1 is 1.20 bits per heavy atom. The molecule has 10 nitrogen and oxygen atoms in total. The molecule has 0 saturated carbocycles. The van der Waals surface area contributed by atoms with Gasteiger partial charge in [0.15, 0.2) is 17.0 Å². The highest BCUT2D eigenvalue weighted by molar-refractivity contribution is 7.99. The molecule has 11 heteroatoms. The Labute approximate surface area is 175 Å². The van der Waals surface area contributed by atoms with Gasteiger partial charge in [0, 0.05) is 0 Å². The summed E-state index contributed by atoms with van der Waals surface area (Å²) in [5.41, 5.74) is 5.90. The highest BCUT2D eigenvalue weighted by atomic mass is 32.2. The number of hydrogen-bond acceptors (Lipinski definition) is 8. The quantitative estimate of drug-likeness (QED) is 0.408. The number of primary amides is 1. The van der Waals surface area contributed by atoms with Gasteiger partial charge in [0.05, 0.1) is 18.6 Å². The number of nitrogens with two attached hydrogens (primary N) is 1. The van der Waals surface area contributed by atoms with E-state index >= 15 is 0 Å². The predicted molar refractivity (Wildman–Crippen MR) is 107 cm³/mol. The minimum Gasteiger partial charge on any atom is -0.461 e. The maximum Gasteiger partial charge on any atom is 0.318 e. The average Bonchev–Trinajstić information content (AvgIpc) is 3.36. The summed E-state index contributed by atoms with van der Waals surface area (Å²) in [5.74, 6) is -0.494. The van der Waals surface area contributed by atoms with Gasteiger partial charge in [-0.15, -0.1) is 10.2 Å². The number of thioether (sulfide) groups is 1. The van der Waals surface area contributed by atoms with Gasteiger partial charge in [-0.1, -0.05) is 42.1 Å². The van der Waals surface area contributed by atoms with E-state index in [0.717, 1.165) is 17.3 Å². The number of benzene rings is 1. The van der Waals surface area contributed by atoms with Crippen LogP contribution >= 0.6 is 11.8 Å². The van der Waals surface area contributed by atoms with Crippen LogP contribution in [0.5, 0.6) is 0 Å². The monoisotopic (exact) mass is 429 g/mol. The lowest BCUT2D eigenvalue weighted by molar-refractivity contribution is -0.151. The largest absolute Gasteiger partial charge is 0.461 e. The molecule has 30 heavy (non-hydrogen) atoms. The summed E-state index contributed by atoms with van der Waals surface area (Å²) in [6, 6.07) is 12.2. The second-order valence-electron chi connectivity index (χ2n) is 6.13. The molecule has 3 aromatic rings. The van der Waals surface area contributed by atoms with Crippen molar-refractivity contribution >= 4 is 29.7 Å². The van der Waals surface area contributed by atoms with Crippen molar-refractivity contribution in [1.29, 1.82) is 0 Å². The van der Waals surface area contributed by atoms with Gasteiger partial charge in [0.1, 0.15) is 0 Å². The van der Waals surface area contributed by atoms with Crippen molar-refractivity contribution in [2.45, 2.75) is 24.7 Å². The first-order valence-electron chi connectivity index (χ1n) is 8.87. The fourth-order valence-corrected chi connectivity index (χ4v) is 3.24. The lowest BCUT2D eigenvalue weighted by Crippen LogP contribution is -2.42. The Morgan fingerprint density at radius 3 is 2.63 bits per heavy atom. The number of ether oxygens (including phenoxy) is 1. The normalized spacial score (nSPS) is 11.6. The summed E-state index contributed by atoms with van der Waals surface area (Å²) in [5, 5.41) is 10.7. The van der Waals surface area contributed by atoms with Gasteiger partial charge in [-0.25, -0.2) is 4.79 Å². The first-order chi connectivity index (χ1) is 14.4. The molecular formula is C19H19N5O5S. The van der Waals surface area contributed by atoms with Crippen LogP contribution in [0.2, 0.25) is 0 Å². The van der Waals surface area contributed by atoms with E-state index in [-0.39, 0.29) is 5.75 Å². The van der Waals surface area contributed by atoms with Crippen LogP contribution in [0.15, 0.2) is 58.3 Å². The van der Waals surface area contributed by atoms with Crippen LogP contribution in [0.4, 0.5) is 4.79 Å². The summed E-state index contributed by atoms with van der Waals surface area (Å²) in [6.07, 6.45) is 0.381. The van der Waals surface area contributed by atoms with Crippen molar-refractivity contribution in [2.75, 3.05) is 5.75 Å². The Balaban J connectivity index is 1.70. The zero-order valence-electron chi connectivity index (χ0n) is 16.0. The van der Waals surface area contributed by atoms with Gasteiger partial charge in [-0.05, 0) is 24.6 Å². The third kappa shape index (κ3) is 5.47. The molecule has 1 atom stereocenters. The zero-order valence-corrected chi connectivity index (χ0v) is 16.8. The molecule has 0 aliphatic rings. The van der Waals surface area contributed by atoms with E-state index in [4.69, 9.17) is 14.9 Å². The maximum atomic E-state index is 12.1. The number of nitrogens with zero attached hydrogens (tertiary/aromatic N) is 3. The minimum absolute atomic E-state index is 0.112. The van der Waals surface area contributed by atoms with Crippen LogP contribution in [0.25, 0.3) is 11.6 Å². The van der Waals surface area contributed by atoms with E-state index in [1.165, 1.54) is 6.92 Å². The van der Waals surface area contributed by atoms with Crippen LogP contribution < -0.4 is 11.1 Å². The molecule has 0 fully saturated rings. The van der Waals surface area contributed by atoms with Crippen molar-refractivity contribution in [3.05, 3.63) is 54.3 Å². The molecule has 0 aliphatic carbocycles. The average molecular weight is 429 g/mol. The van der Waals surface area contributed by atoms with E-state index in [1.54, 1.807) is 18.4 Å². The van der Waals surface area contributed by atoms with Gasteiger partial charge in [-0.2, -0.15) is 0 Å². The molecule has 0 spiro atoms. The van der Waals surface area contributed by atoms with E-state index in [2.05, 4.69) is 10.2 Å². The molecule has 0 saturated heterocycles. The van der Waals surface area contributed by atoms with Gasteiger partial charge in [0.2, 0.25) is 5.82 Å². The topological polar surface area (TPSA) is 142 Å². The number of carbonyl (C=O) groups excluding carboxylic acids is 3. The second-order valence-corrected chi connectivity index (χ2v) is 7.07. The van der Waals surface area contributed by atoms with Gasteiger partial charge < -0.3 is 14.9 Å². The third-order valence-electron chi connectivity index (χ3n) is 3.88. The lowest BCUT2D eigenvalue weighted by atomic mass is 10.2. The summed E-state index contributed by atoms with van der Waals surface area (Å²) in [6.45, 7) is 1.81. The van der Waals surface area contributed by atoms with Crippen LogP contribution in [-0.4, -0.2) is 44.5 Å². The number of furan rings is 1. The van der Waals surface area contributed by atoms with Gasteiger partial charge in [-0.3, -0.25) is 19.5 Å². The summed E-state index contributed by atoms with van der Waals surface area (Å²) < 4.78 is 12.3. The molecule has 1 aromatic carbocycles. The number of urea groups is 1. The Kier molecular flexibility index (Phi) is 6.86. The Morgan fingerprint density at radius 2 is 1.97 bits per heavy atom. The molecule has 3 rings (SSSR count). The van der Waals surface area contributed by atoms with Crippen molar-refractivity contribution in [3.8, 4) is 11.6 Å². The Hall–Kier alpha value is -3.60. The number of rotatable bonds is 8. The van der Waals surface area contributed by atoms with E-state index in [9.17, 15) is 14.4 Å². The molecule has 2 aromatic heterocycles. The fraction of sp³-hybridized carbons (Fsp3) is 0.211. The first kappa shape index (κ1) is 21.1. The number of amides is 3. The number of carbonyl (C=O) groups is 3. The van der Waals surface area contributed by atoms with Crippen molar-refractivity contribution in [3.63, 3.8) is 0 Å². The molecule has 3 N–H and O–H groups in total. The van der Waals surface area contributed by atoms with Gasteiger partial charge >= 0.3 is 12.0 Å². The molecule has 2 heterocycles. The smallest absolute Gasteiger partial charge is 0.318 e. The van der Waals surface area contributed by atoms with Crippen LogP contribution in [0, 0.1) is 0 Å². The molecule has 0 aliphatic heterocycles. The lowest BCUT2D eigenvalue weighted by Gasteiger charge is -2.12. The molecular weight excluding hydrogens is 410 g/mol. The minimum atomic E-state index is -1.16. The van der Waals surface area contributed by atoms with Gasteiger partial charge in [0.25, 0.3) is 5.91 Å². The first-order valence-corrected chi connectivity index (χ1v) is 9.86. The van der Waals surface area contributed by atoms with Crippen LogP contribution in [0.3, 0.4) is 0 Å². The number of imide groups is 1. The SMILES string of the molecule is C[C@H](OC(=O)CSc1nnc(-c2ccco2)n1Cc1ccccc1)C(=O)NC(N)=O. The second kappa shape index (κ2) is 9.74. The summed E-state index contributed by atoms with van der Waals surface area (Å²) in [4.78, 5) is 34.4. The number of aromatic nitrogens is 3. The highest BCUT2D eigenvalue weighted by Crippen LogP contribution is 2.25. The molecule has 0 bridgehead atoms. The number of esters is 1. The van der Waals surface area contributed by atoms with Crippen molar-refractivity contribution in [2.24, 2.45) is 5.73 Å². The maximum absolute atomic E-state index is 12.1. The van der Waals surface area contributed by atoms with Crippen LogP contribution in [-0.2, 0) is 20.9 Å². The zero-order chi connectivity index (χ0) is 21.5. The van der Waals surface area contributed by atoms with Crippen LogP contribution in [0.1, 0.15) is 12.5 Å². The van der Waals surface area contributed by atoms with E-state index in [1.807, 2.05) is 40.2 Å². The number of nitrogens with one attached hydrogen (secondary N) is 1. The molecule has 156 valence electrons. The van der Waals surface area contributed by atoms with Crippen molar-refractivity contribution < 1.29 is 23.5 Å². The van der Waals surface area contributed by atoms with E-state index < -0.39 is 24.0 Å². The third-order valence-corrected chi connectivity index (χ3v) is 4.83. The summed E-state index contributed by atoms with van der Waals surface area (Å²) in [7, 11) is 0. The highest BCUT2D eigenvalue weighted by Gasteiger charge is 2.21. The molecule has 3 amide bonds. The van der Waals surface area contributed by atoms with Crippen molar-refractivity contribution in [1.82, 2.24) is 20.1 Å². The molecule has 0 unspecified atom stereocenters. The predicted octanol–water partition coefficient (Wildman–Crippen LogP) is 1.81. The van der Waals surface area contributed by atoms with E-state index in [0.29, 0.717) is 23.3 Å². The Bertz CT molecular complexity index is 1020. The standard InChI is InChI=1S/C19H19N5O5S/c1-12(17(26)21-18(20)27)29-15(25)11-30-19-23-22-16(14-8-5-9-28-14)24(19)10-13-6-3-2-4-7-13/h2-9,12H,10-11H2,1H3,(H3,20,21,26,27)/t12-/m0/s1.